The lowest BCUT2D eigenvalue weighted by molar-refractivity contribution is 0.354. The summed E-state index contributed by atoms with van der Waals surface area (Å²) >= 11 is 3.67. The van der Waals surface area contributed by atoms with Gasteiger partial charge >= 0.3 is 0 Å². The molecule has 2 aromatic rings. The van der Waals surface area contributed by atoms with Crippen LogP contribution in [0.3, 0.4) is 0 Å². The summed E-state index contributed by atoms with van der Waals surface area (Å²) in [7, 11) is 3.24. The van der Waals surface area contributed by atoms with E-state index in [0.717, 1.165) is 17.5 Å². The van der Waals surface area contributed by atoms with Crippen molar-refractivity contribution in [2.24, 2.45) is 0 Å². The van der Waals surface area contributed by atoms with Gasteiger partial charge in [-0.25, -0.2) is 4.39 Å². The smallest absolute Gasteiger partial charge is 0.160 e. The topological polar surface area (TPSA) is 18.5 Å². The maximum absolute atomic E-state index is 13.3. The lowest BCUT2D eigenvalue weighted by Gasteiger charge is -2.14. The van der Waals surface area contributed by atoms with Gasteiger partial charge in [0.1, 0.15) is 5.82 Å². The SMILES string of the molecule is COc1ccc(CC(Br)c2ccc(F)c(C)c2)cc1OC. The first-order chi connectivity index (χ1) is 10.0. The monoisotopic (exact) mass is 352 g/mol. The van der Waals surface area contributed by atoms with E-state index in [4.69, 9.17) is 9.47 Å². The molecule has 21 heavy (non-hydrogen) atoms. The van der Waals surface area contributed by atoms with Crippen LogP contribution in [0.15, 0.2) is 36.4 Å². The zero-order valence-electron chi connectivity index (χ0n) is 12.3. The molecule has 0 saturated heterocycles. The van der Waals surface area contributed by atoms with Crippen LogP contribution in [0.25, 0.3) is 0 Å². The van der Waals surface area contributed by atoms with E-state index < -0.39 is 0 Å². The Kier molecular flexibility index (Phi) is 5.23. The maximum Gasteiger partial charge on any atom is 0.160 e. The van der Waals surface area contributed by atoms with Gasteiger partial charge in [-0.3, -0.25) is 0 Å². The van der Waals surface area contributed by atoms with Crippen molar-refractivity contribution in [1.29, 1.82) is 0 Å². The van der Waals surface area contributed by atoms with Gasteiger partial charge < -0.3 is 9.47 Å². The molecular weight excluding hydrogens is 335 g/mol. The van der Waals surface area contributed by atoms with Gasteiger partial charge in [0.05, 0.1) is 14.2 Å². The third-order valence-corrected chi connectivity index (χ3v) is 4.26. The van der Waals surface area contributed by atoms with Gasteiger partial charge in [0.15, 0.2) is 11.5 Å². The summed E-state index contributed by atoms with van der Waals surface area (Å²) in [5.41, 5.74) is 2.84. The molecule has 2 aromatic carbocycles. The van der Waals surface area contributed by atoms with E-state index in [2.05, 4.69) is 15.9 Å². The molecule has 0 aliphatic rings. The van der Waals surface area contributed by atoms with Crippen LogP contribution < -0.4 is 9.47 Å². The predicted octanol–water partition coefficient (Wildman–Crippen LogP) is 4.83. The fourth-order valence-corrected chi connectivity index (χ4v) is 2.85. The highest BCUT2D eigenvalue weighted by atomic mass is 79.9. The van der Waals surface area contributed by atoms with Gasteiger partial charge in [-0.2, -0.15) is 0 Å². The molecule has 1 atom stereocenters. The molecular formula is C17H18BrFO2. The van der Waals surface area contributed by atoms with Crippen LogP contribution >= 0.6 is 15.9 Å². The summed E-state index contributed by atoms with van der Waals surface area (Å²) in [5, 5.41) is 0. The standard InChI is InChI=1S/C17H18BrFO2/c1-11-8-13(5-6-15(11)19)14(18)9-12-4-7-16(20-2)17(10-12)21-3/h4-8,10,14H,9H2,1-3H3. The van der Waals surface area contributed by atoms with Crippen LogP contribution in [0.2, 0.25) is 0 Å². The van der Waals surface area contributed by atoms with Crippen molar-refractivity contribution >= 4 is 15.9 Å². The molecule has 0 aromatic heterocycles. The Morgan fingerprint density at radius 3 is 2.38 bits per heavy atom. The molecule has 1 unspecified atom stereocenters. The Labute approximate surface area is 133 Å². The highest BCUT2D eigenvalue weighted by molar-refractivity contribution is 9.09. The van der Waals surface area contributed by atoms with Crippen molar-refractivity contribution in [3.05, 3.63) is 58.9 Å². The molecule has 0 spiro atoms. The average Bonchev–Trinajstić information content (AvgIpc) is 2.49. The van der Waals surface area contributed by atoms with E-state index >= 15 is 0 Å². The number of ether oxygens (including phenoxy) is 2. The molecule has 4 heteroatoms. The minimum atomic E-state index is -0.176. The van der Waals surface area contributed by atoms with Gasteiger partial charge in [0, 0.05) is 4.83 Å². The van der Waals surface area contributed by atoms with Crippen LogP contribution in [0.4, 0.5) is 4.39 Å². The Hall–Kier alpha value is -1.55. The molecule has 112 valence electrons. The van der Waals surface area contributed by atoms with E-state index in [1.54, 1.807) is 21.1 Å². The highest BCUT2D eigenvalue weighted by Gasteiger charge is 2.12. The Morgan fingerprint density at radius 2 is 1.76 bits per heavy atom. The maximum atomic E-state index is 13.3. The Balaban J connectivity index is 2.18. The molecule has 0 radical (unpaired) electrons. The summed E-state index contributed by atoms with van der Waals surface area (Å²) in [4.78, 5) is 0.120. The second kappa shape index (κ2) is 6.94. The van der Waals surface area contributed by atoms with E-state index in [1.165, 1.54) is 6.07 Å². The second-order valence-corrected chi connectivity index (χ2v) is 5.97. The predicted molar refractivity (Wildman–Crippen MR) is 86.1 cm³/mol. The first-order valence-electron chi connectivity index (χ1n) is 6.66. The van der Waals surface area contributed by atoms with Gasteiger partial charge in [0.2, 0.25) is 0 Å². The number of hydrogen-bond acceptors (Lipinski definition) is 2. The van der Waals surface area contributed by atoms with Gasteiger partial charge in [0.25, 0.3) is 0 Å². The van der Waals surface area contributed by atoms with Crippen molar-refractivity contribution in [3.8, 4) is 11.5 Å². The number of hydrogen-bond donors (Lipinski definition) is 0. The van der Waals surface area contributed by atoms with Gasteiger partial charge in [-0.05, 0) is 48.2 Å². The summed E-state index contributed by atoms with van der Waals surface area (Å²) < 4.78 is 23.9. The van der Waals surface area contributed by atoms with Gasteiger partial charge in [-0.15, -0.1) is 0 Å². The van der Waals surface area contributed by atoms with Crippen molar-refractivity contribution in [1.82, 2.24) is 0 Å². The van der Waals surface area contributed by atoms with Crippen molar-refractivity contribution in [2.75, 3.05) is 14.2 Å². The molecule has 2 rings (SSSR count). The molecule has 0 bridgehead atoms. The molecule has 0 aliphatic carbocycles. The lowest BCUT2D eigenvalue weighted by Crippen LogP contribution is -1.98. The number of halogens is 2. The first-order valence-corrected chi connectivity index (χ1v) is 7.57. The normalized spacial score (nSPS) is 12.0. The summed E-state index contributed by atoms with van der Waals surface area (Å²) in [6.45, 7) is 1.77. The molecule has 2 nitrogen and oxygen atoms in total. The highest BCUT2D eigenvalue weighted by Crippen LogP contribution is 2.32. The molecule has 0 N–H and O–H groups in total. The number of aryl methyl sites for hydroxylation is 1. The quantitative estimate of drug-likeness (QED) is 0.717. The van der Waals surface area contributed by atoms with Crippen LogP contribution in [-0.4, -0.2) is 14.2 Å². The van der Waals surface area contributed by atoms with E-state index in [-0.39, 0.29) is 10.6 Å². The number of benzene rings is 2. The van der Waals surface area contributed by atoms with Crippen LogP contribution in [0, 0.1) is 12.7 Å². The molecule has 0 saturated carbocycles. The lowest BCUT2D eigenvalue weighted by atomic mass is 10.0. The molecule has 0 aliphatic heterocycles. The Bertz CT molecular complexity index is 628. The fraction of sp³-hybridized carbons (Fsp3) is 0.294. The molecule has 0 heterocycles. The average molecular weight is 353 g/mol. The molecule has 0 fully saturated rings. The van der Waals surface area contributed by atoms with Crippen molar-refractivity contribution < 1.29 is 13.9 Å². The first kappa shape index (κ1) is 15.8. The summed E-state index contributed by atoms with van der Waals surface area (Å²) in [5.74, 6) is 1.25. The zero-order valence-corrected chi connectivity index (χ0v) is 13.9. The zero-order chi connectivity index (χ0) is 15.4. The minimum absolute atomic E-state index is 0.120. The van der Waals surface area contributed by atoms with E-state index in [1.807, 2.05) is 30.3 Å². The molecule has 0 amide bonds. The van der Waals surface area contributed by atoms with Crippen molar-refractivity contribution in [2.45, 2.75) is 18.2 Å². The number of alkyl halides is 1. The van der Waals surface area contributed by atoms with E-state index in [9.17, 15) is 4.39 Å². The van der Waals surface area contributed by atoms with Crippen LogP contribution in [-0.2, 0) is 6.42 Å². The fourth-order valence-electron chi connectivity index (χ4n) is 2.20. The van der Waals surface area contributed by atoms with Crippen LogP contribution in [0.1, 0.15) is 21.5 Å². The van der Waals surface area contributed by atoms with E-state index in [0.29, 0.717) is 17.1 Å². The Morgan fingerprint density at radius 1 is 1.05 bits per heavy atom. The second-order valence-electron chi connectivity index (χ2n) is 4.87. The third-order valence-electron chi connectivity index (χ3n) is 3.41. The minimum Gasteiger partial charge on any atom is -0.493 e. The number of rotatable bonds is 5. The number of methoxy groups -OCH3 is 2. The van der Waals surface area contributed by atoms with Gasteiger partial charge in [-0.1, -0.05) is 34.1 Å². The largest absolute Gasteiger partial charge is 0.493 e. The summed E-state index contributed by atoms with van der Waals surface area (Å²) in [6.07, 6.45) is 0.783. The summed E-state index contributed by atoms with van der Waals surface area (Å²) in [6, 6.07) is 11.0. The third kappa shape index (κ3) is 3.76. The van der Waals surface area contributed by atoms with Crippen LogP contribution in [0.5, 0.6) is 11.5 Å². The van der Waals surface area contributed by atoms with Crippen molar-refractivity contribution in [3.63, 3.8) is 0 Å².